The Morgan fingerprint density at radius 1 is 1.64 bits per heavy atom. The van der Waals surface area contributed by atoms with Crippen LogP contribution in [0.25, 0.3) is 0 Å². The van der Waals surface area contributed by atoms with Crippen molar-refractivity contribution in [3.63, 3.8) is 0 Å². The molecule has 0 aromatic heterocycles. The molecule has 11 heavy (non-hydrogen) atoms. The van der Waals surface area contributed by atoms with Crippen molar-refractivity contribution in [2.45, 2.75) is 31.6 Å². The minimum atomic E-state index is 0.466. The molecule has 0 aliphatic carbocycles. The summed E-state index contributed by atoms with van der Waals surface area (Å²) in [4.78, 5) is 0. The molecule has 0 aromatic carbocycles. The quantitative estimate of drug-likeness (QED) is 0.649. The summed E-state index contributed by atoms with van der Waals surface area (Å²) in [5, 5.41) is 0. The zero-order valence-electron chi connectivity index (χ0n) is 7.21. The molecule has 0 spiro atoms. The Kier molecular flexibility index (Phi) is 4.31. The third kappa shape index (κ3) is 4.02. The van der Waals surface area contributed by atoms with Gasteiger partial charge in [-0.1, -0.05) is 6.92 Å². The molecule has 1 aliphatic rings. The van der Waals surface area contributed by atoms with Gasteiger partial charge in [0, 0.05) is 6.61 Å². The second-order valence-corrected chi connectivity index (χ2v) is 4.43. The molecule has 1 nitrogen and oxygen atoms in total. The molecule has 2 unspecified atom stereocenters. The molecule has 1 saturated heterocycles. The molecule has 0 saturated carbocycles. The summed E-state index contributed by atoms with van der Waals surface area (Å²) in [5.41, 5.74) is 0.466. The molecule has 65 valence electrons. The highest BCUT2D eigenvalue weighted by atomic mass is 32.2. The van der Waals surface area contributed by atoms with Crippen LogP contribution in [0.3, 0.4) is 0 Å². The Morgan fingerprint density at radius 3 is 3.00 bits per heavy atom. The molecular weight excluding hydrogens is 156 g/mol. The number of hydrogen-bond acceptors (Lipinski definition) is 2. The van der Waals surface area contributed by atoms with E-state index in [1.165, 1.54) is 19.3 Å². The van der Waals surface area contributed by atoms with Crippen molar-refractivity contribution in [2.75, 3.05) is 12.4 Å². The van der Waals surface area contributed by atoms with Crippen LogP contribution in [0.5, 0.6) is 0 Å². The predicted molar refractivity (Wildman–Crippen MR) is 50.6 cm³/mol. The Bertz CT molecular complexity index is 97.7. The highest BCUT2D eigenvalue weighted by Crippen LogP contribution is 2.24. The van der Waals surface area contributed by atoms with Crippen LogP contribution >= 0.6 is 11.8 Å². The number of hydrogen-bond donors (Lipinski definition) is 0. The van der Waals surface area contributed by atoms with Gasteiger partial charge in [0.25, 0.3) is 0 Å². The van der Waals surface area contributed by atoms with Gasteiger partial charge in [0.05, 0.1) is 0 Å². The third-order valence-electron chi connectivity index (χ3n) is 1.70. The topological polar surface area (TPSA) is 9.23 Å². The Balaban J connectivity index is 2.05. The van der Waals surface area contributed by atoms with Crippen LogP contribution in [0, 0.1) is 12.8 Å². The van der Waals surface area contributed by atoms with E-state index in [2.05, 4.69) is 13.8 Å². The lowest BCUT2D eigenvalue weighted by Crippen LogP contribution is -2.16. The first-order chi connectivity index (χ1) is 5.29. The maximum absolute atomic E-state index is 5.56. The van der Waals surface area contributed by atoms with Gasteiger partial charge in [-0.2, -0.15) is 0 Å². The van der Waals surface area contributed by atoms with Crippen LogP contribution in [0.4, 0.5) is 0 Å². The maximum atomic E-state index is 5.56. The molecule has 1 heterocycles. The van der Waals surface area contributed by atoms with E-state index in [0.29, 0.717) is 11.4 Å². The summed E-state index contributed by atoms with van der Waals surface area (Å²) >= 11 is 1.92. The van der Waals surface area contributed by atoms with E-state index in [-0.39, 0.29) is 0 Å². The largest absolute Gasteiger partial charge is 0.368 e. The second kappa shape index (κ2) is 5.04. The van der Waals surface area contributed by atoms with Crippen LogP contribution < -0.4 is 0 Å². The number of ether oxygens (including phenoxy) is 1. The van der Waals surface area contributed by atoms with Gasteiger partial charge in [-0.15, -0.1) is 11.8 Å². The molecule has 1 rings (SSSR count). The summed E-state index contributed by atoms with van der Waals surface area (Å²) in [5.74, 6) is 1.68. The average Bonchev–Trinajstić information content (AvgIpc) is 2.03. The molecule has 2 heteroatoms. The first kappa shape index (κ1) is 9.40. The minimum absolute atomic E-state index is 0.466. The molecule has 2 atom stereocenters. The van der Waals surface area contributed by atoms with Gasteiger partial charge in [-0.3, -0.25) is 0 Å². The second-order valence-electron chi connectivity index (χ2n) is 3.23. The first-order valence-corrected chi connectivity index (χ1v) is 5.40. The van der Waals surface area contributed by atoms with Gasteiger partial charge in [0.15, 0.2) is 0 Å². The van der Waals surface area contributed by atoms with Crippen LogP contribution in [-0.4, -0.2) is 17.8 Å². The van der Waals surface area contributed by atoms with Crippen LogP contribution in [0.1, 0.15) is 26.2 Å². The summed E-state index contributed by atoms with van der Waals surface area (Å²) in [6.45, 7) is 7.06. The molecule has 0 bridgehead atoms. The fourth-order valence-electron chi connectivity index (χ4n) is 1.11. The van der Waals surface area contributed by atoms with E-state index < -0.39 is 0 Å². The lowest BCUT2D eigenvalue weighted by atomic mass is 10.2. The zero-order valence-corrected chi connectivity index (χ0v) is 8.03. The molecule has 0 N–H and O–H groups in total. The van der Waals surface area contributed by atoms with Crippen molar-refractivity contribution in [1.82, 2.24) is 0 Å². The van der Waals surface area contributed by atoms with E-state index in [9.17, 15) is 0 Å². The Labute approximate surface area is 73.9 Å². The van der Waals surface area contributed by atoms with Crippen molar-refractivity contribution in [3.8, 4) is 0 Å². The lowest BCUT2D eigenvalue weighted by Gasteiger charge is -2.22. The van der Waals surface area contributed by atoms with E-state index in [1.807, 2.05) is 11.8 Å². The third-order valence-corrected chi connectivity index (χ3v) is 3.21. The summed E-state index contributed by atoms with van der Waals surface area (Å²) in [6.07, 6.45) is 3.82. The predicted octanol–water partition coefficient (Wildman–Crippen LogP) is 2.72. The van der Waals surface area contributed by atoms with Crippen LogP contribution in [-0.2, 0) is 4.74 Å². The van der Waals surface area contributed by atoms with E-state index in [1.54, 1.807) is 0 Å². The Morgan fingerprint density at radius 2 is 2.45 bits per heavy atom. The molecule has 0 aromatic rings. The normalized spacial score (nSPS) is 25.9. The highest BCUT2D eigenvalue weighted by molar-refractivity contribution is 7.99. The fourth-order valence-corrected chi connectivity index (χ4v) is 2.18. The van der Waals surface area contributed by atoms with Gasteiger partial charge in [0.2, 0.25) is 0 Å². The van der Waals surface area contributed by atoms with Crippen molar-refractivity contribution in [3.05, 3.63) is 6.92 Å². The van der Waals surface area contributed by atoms with Gasteiger partial charge in [-0.25, -0.2) is 0 Å². The van der Waals surface area contributed by atoms with E-state index in [4.69, 9.17) is 4.74 Å². The summed E-state index contributed by atoms with van der Waals surface area (Å²) in [6, 6.07) is 0. The lowest BCUT2D eigenvalue weighted by molar-refractivity contribution is 0.0727. The van der Waals surface area contributed by atoms with Crippen molar-refractivity contribution in [2.24, 2.45) is 5.92 Å². The minimum Gasteiger partial charge on any atom is -0.368 e. The van der Waals surface area contributed by atoms with Crippen molar-refractivity contribution >= 4 is 11.8 Å². The molecule has 0 amide bonds. The Hall–Kier alpha value is 0.310. The van der Waals surface area contributed by atoms with E-state index in [0.717, 1.165) is 12.4 Å². The molecule has 1 aliphatic heterocycles. The van der Waals surface area contributed by atoms with Crippen LogP contribution in [0.2, 0.25) is 0 Å². The maximum Gasteiger partial charge on any atom is 0.103 e. The summed E-state index contributed by atoms with van der Waals surface area (Å²) < 4.78 is 5.56. The highest BCUT2D eigenvalue weighted by Gasteiger charge is 2.13. The fraction of sp³-hybridized carbons (Fsp3) is 0.889. The van der Waals surface area contributed by atoms with Gasteiger partial charge >= 0.3 is 0 Å². The van der Waals surface area contributed by atoms with Gasteiger partial charge < -0.3 is 4.74 Å². The SMILES string of the molecule is [CH2]C(C)CSC1CCCCO1. The van der Waals surface area contributed by atoms with Crippen molar-refractivity contribution < 1.29 is 4.74 Å². The summed E-state index contributed by atoms with van der Waals surface area (Å²) in [7, 11) is 0. The monoisotopic (exact) mass is 173 g/mol. The smallest absolute Gasteiger partial charge is 0.103 e. The zero-order chi connectivity index (χ0) is 8.10. The molecular formula is C9H17OS. The van der Waals surface area contributed by atoms with Crippen LogP contribution in [0.15, 0.2) is 0 Å². The first-order valence-electron chi connectivity index (χ1n) is 4.35. The number of rotatable bonds is 3. The average molecular weight is 173 g/mol. The molecule has 1 fully saturated rings. The van der Waals surface area contributed by atoms with Gasteiger partial charge in [-0.05, 0) is 37.9 Å². The standard InChI is InChI=1S/C9H17OS/c1-8(2)7-11-9-5-3-4-6-10-9/h8-9H,1,3-7H2,2H3. The van der Waals surface area contributed by atoms with Gasteiger partial charge in [0.1, 0.15) is 5.44 Å². The van der Waals surface area contributed by atoms with Crippen molar-refractivity contribution in [1.29, 1.82) is 0 Å². The number of thioether (sulfide) groups is 1. The molecule has 1 radical (unpaired) electrons. The van der Waals surface area contributed by atoms with E-state index >= 15 is 0 Å².